The van der Waals surface area contributed by atoms with Gasteiger partial charge in [0.2, 0.25) is 11.8 Å². The lowest BCUT2D eigenvalue weighted by Gasteiger charge is -2.21. The zero-order chi connectivity index (χ0) is 23.2. The van der Waals surface area contributed by atoms with Crippen molar-refractivity contribution < 1.29 is 14.4 Å². The number of anilines is 1. The molecule has 1 aliphatic rings. The van der Waals surface area contributed by atoms with Gasteiger partial charge in [-0.15, -0.1) is 11.3 Å². The number of halogens is 1. The quantitative estimate of drug-likeness (QED) is 0.486. The highest BCUT2D eigenvalue weighted by molar-refractivity contribution is 7.13. The molecule has 170 valence electrons. The van der Waals surface area contributed by atoms with E-state index in [1.807, 2.05) is 18.2 Å². The Hall–Kier alpha value is -3.30. The molecule has 8 nitrogen and oxygen atoms in total. The summed E-state index contributed by atoms with van der Waals surface area (Å²) in [6.07, 6.45) is 3.52. The first-order valence-corrected chi connectivity index (χ1v) is 11.7. The van der Waals surface area contributed by atoms with Crippen LogP contribution in [0, 0.1) is 0 Å². The first kappa shape index (κ1) is 22.9. The summed E-state index contributed by atoms with van der Waals surface area (Å²) in [6, 6.07) is 12.2. The van der Waals surface area contributed by atoms with Crippen molar-refractivity contribution >= 4 is 45.8 Å². The van der Waals surface area contributed by atoms with E-state index in [9.17, 15) is 14.4 Å². The van der Waals surface area contributed by atoms with Crippen molar-refractivity contribution in [1.29, 1.82) is 0 Å². The molecule has 1 saturated carbocycles. The van der Waals surface area contributed by atoms with Crippen LogP contribution >= 0.6 is 22.9 Å². The number of pyridine rings is 1. The molecule has 0 aliphatic heterocycles. The molecular weight excluding hydrogens is 462 g/mol. The average Bonchev–Trinajstić information content (AvgIpc) is 3.57. The minimum absolute atomic E-state index is 0.0635. The SMILES string of the molecule is O=C(Cc1csc(NC(=O)CN(C(=O)c2ccc(Cl)cc2)C2CC2)n1)NCc1ccccn1. The molecule has 4 rings (SSSR count). The summed E-state index contributed by atoms with van der Waals surface area (Å²) in [6.45, 7) is 0.275. The average molecular weight is 484 g/mol. The molecule has 2 heterocycles. The number of hydrogen-bond donors (Lipinski definition) is 2. The van der Waals surface area contributed by atoms with E-state index in [0.717, 1.165) is 18.5 Å². The van der Waals surface area contributed by atoms with Crippen molar-refractivity contribution in [2.45, 2.75) is 31.8 Å². The third-order valence-electron chi connectivity index (χ3n) is 4.99. The zero-order valence-corrected chi connectivity index (χ0v) is 19.2. The van der Waals surface area contributed by atoms with Crippen molar-refractivity contribution in [3.05, 3.63) is 76.0 Å². The van der Waals surface area contributed by atoms with Gasteiger partial charge in [0.15, 0.2) is 5.13 Å². The fraction of sp³-hybridized carbons (Fsp3) is 0.261. The third-order valence-corrected chi connectivity index (χ3v) is 6.04. The van der Waals surface area contributed by atoms with Gasteiger partial charge in [-0.05, 0) is 49.2 Å². The molecule has 0 bridgehead atoms. The summed E-state index contributed by atoms with van der Waals surface area (Å²) in [7, 11) is 0. The molecule has 2 N–H and O–H groups in total. The van der Waals surface area contributed by atoms with Crippen LogP contribution in [0.3, 0.4) is 0 Å². The van der Waals surface area contributed by atoms with Gasteiger partial charge in [0.1, 0.15) is 6.54 Å². The molecule has 1 aromatic carbocycles. The number of carbonyl (C=O) groups is 3. The van der Waals surface area contributed by atoms with Crippen LogP contribution < -0.4 is 10.6 Å². The van der Waals surface area contributed by atoms with Crippen LogP contribution in [-0.2, 0) is 22.6 Å². The van der Waals surface area contributed by atoms with Crippen LogP contribution in [0.1, 0.15) is 34.6 Å². The van der Waals surface area contributed by atoms with E-state index in [4.69, 9.17) is 11.6 Å². The summed E-state index contributed by atoms with van der Waals surface area (Å²) in [4.78, 5) is 47.7. The van der Waals surface area contributed by atoms with Gasteiger partial charge in [-0.3, -0.25) is 19.4 Å². The Kier molecular flexibility index (Phi) is 7.31. The minimum Gasteiger partial charge on any atom is -0.350 e. The third kappa shape index (κ3) is 6.59. The summed E-state index contributed by atoms with van der Waals surface area (Å²) >= 11 is 7.14. The van der Waals surface area contributed by atoms with Gasteiger partial charge in [-0.25, -0.2) is 4.98 Å². The Balaban J connectivity index is 1.29. The van der Waals surface area contributed by atoms with E-state index in [1.165, 1.54) is 11.3 Å². The van der Waals surface area contributed by atoms with E-state index >= 15 is 0 Å². The number of benzene rings is 1. The van der Waals surface area contributed by atoms with E-state index < -0.39 is 0 Å². The van der Waals surface area contributed by atoms with Crippen LogP contribution in [0.2, 0.25) is 5.02 Å². The lowest BCUT2D eigenvalue weighted by molar-refractivity contribution is -0.120. The summed E-state index contributed by atoms with van der Waals surface area (Å²) in [5.41, 5.74) is 1.82. The number of amides is 3. The van der Waals surface area contributed by atoms with Crippen LogP contribution in [0.25, 0.3) is 0 Å². The lowest BCUT2D eigenvalue weighted by atomic mass is 10.2. The largest absolute Gasteiger partial charge is 0.350 e. The summed E-state index contributed by atoms with van der Waals surface area (Å²) in [5.74, 6) is -0.712. The molecule has 0 spiro atoms. The highest BCUT2D eigenvalue weighted by Crippen LogP contribution is 2.28. The highest BCUT2D eigenvalue weighted by atomic mass is 35.5. The van der Waals surface area contributed by atoms with Gasteiger partial charge in [0.25, 0.3) is 5.91 Å². The maximum absolute atomic E-state index is 12.9. The van der Waals surface area contributed by atoms with Gasteiger partial charge >= 0.3 is 0 Å². The number of nitrogens with one attached hydrogen (secondary N) is 2. The maximum atomic E-state index is 12.9. The van der Waals surface area contributed by atoms with E-state index in [0.29, 0.717) is 28.0 Å². The molecule has 33 heavy (non-hydrogen) atoms. The molecule has 3 amide bonds. The van der Waals surface area contributed by atoms with Gasteiger partial charge in [-0.1, -0.05) is 17.7 Å². The maximum Gasteiger partial charge on any atom is 0.254 e. The Morgan fingerprint density at radius 1 is 1.06 bits per heavy atom. The first-order valence-electron chi connectivity index (χ1n) is 10.5. The lowest BCUT2D eigenvalue weighted by Crippen LogP contribution is -2.39. The van der Waals surface area contributed by atoms with Crippen LogP contribution in [0.15, 0.2) is 54.0 Å². The zero-order valence-electron chi connectivity index (χ0n) is 17.7. The molecule has 0 radical (unpaired) electrons. The molecule has 0 atom stereocenters. The summed E-state index contributed by atoms with van der Waals surface area (Å²) < 4.78 is 0. The Morgan fingerprint density at radius 2 is 1.85 bits per heavy atom. The number of carbonyl (C=O) groups excluding carboxylic acids is 3. The van der Waals surface area contributed by atoms with Crippen molar-refractivity contribution in [2.75, 3.05) is 11.9 Å². The van der Waals surface area contributed by atoms with Crippen molar-refractivity contribution in [1.82, 2.24) is 20.2 Å². The van der Waals surface area contributed by atoms with Crippen molar-refractivity contribution in [2.24, 2.45) is 0 Å². The number of aromatic nitrogens is 2. The van der Waals surface area contributed by atoms with Crippen molar-refractivity contribution in [3.8, 4) is 0 Å². The fourth-order valence-electron chi connectivity index (χ4n) is 3.19. The molecule has 1 aliphatic carbocycles. The topological polar surface area (TPSA) is 104 Å². The predicted molar refractivity (Wildman–Crippen MR) is 126 cm³/mol. The second kappa shape index (κ2) is 10.5. The molecule has 0 saturated heterocycles. The minimum atomic E-state index is -0.329. The number of thiazole rings is 1. The molecule has 10 heteroatoms. The molecule has 3 aromatic rings. The Morgan fingerprint density at radius 3 is 2.55 bits per heavy atom. The van der Waals surface area contributed by atoms with Crippen LogP contribution in [0.4, 0.5) is 5.13 Å². The second-order valence-corrected chi connectivity index (χ2v) is 8.93. The predicted octanol–water partition coefficient (Wildman–Crippen LogP) is 3.29. The van der Waals surface area contributed by atoms with Crippen molar-refractivity contribution in [3.63, 3.8) is 0 Å². The van der Waals surface area contributed by atoms with E-state index in [2.05, 4.69) is 20.6 Å². The fourth-order valence-corrected chi connectivity index (χ4v) is 4.04. The van der Waals surface area contributed by atoms with E-state index in [1.54, 1.807) is 40.7 Å². The van der Waals surface area contributed by atoms with Gasteiger partial charge in [0, 0.05) is 28.2 Å². The second-order valence-electron chi connectivity index (χ2n) is 7.64. The van der Waals surface area contributed by atoms with Gasteiger partial charge in [0.05, 0.1) is 24.4 Å². The van der Waals surface area contributed by atoms with Crippen LogP contribution in [-0.4, -0.2) is 45.2 Å². The number of hydrogen-bond acceptors (Lipinski definition) is 6. The molecule has 2 aromatic heterocycles. The number of rotatable bonds is 9. The van der Waals surface area contributed by atoms with Gasteiger partial charge in [-0.2, -0.15) is 0 Å². The van der Waals surface area contributed by atoms with E-state index in [-0.39, 0.29) is 36.7 Å². The smallest absolute Gasteiger partial charge is 0.254 e. The monoisotopic (exact) mass is 483 g/mol. The van der Waals surface area contributed by atoms with Gasteiger partial charge < -0.3 is 15.5 Å². The Labute approximate surface area is 200 Å². The van der Waals surface area contributed by atoms with Crippen LogP contribution in [0.5, 0.6) is 0 Å². The summed E-state index contributed by atoms with van der Waals surface area (Å²) in [5, 5.41) is 8.20. The molecule has 1 fully saturated rings. The molecule has 0 unspecified atom stereocenters. The normalized spacial score (nSPS) is 12.8. The highest BCUT2D eigenvalue weighted by Gasteiger charge is 2.34. The molecular formula is C23H22ClN5O3S. The Bertz CT molecular complexity index is 1130. The number of nitrogens with zero attached hydrogens (tertiary/aromatic N) is 3. The first-order chi connectivity index (χ1) is 16.0. The standard InChI is InChI=1S/C23H22ClN5O3S/c24-16-6-4-15(5-7-16)22(32)29(19-8-9-19)13-21(31)28-23-27-18(14-33-23)11-20(30)26-12-17-3-1-2-10-25-17/h1-7,10,14,19H,8-9,11-13H2,(H,26,30)(H,27,28,31).